The quantitative estimate of drug-likeness (QED) is 0.885. The molecule has 0 fully saturated rings. The van der Waals surface area contributed by atoms with Crippen molar-refractivity contribution in [3.05, 3.63) is 45.7 Å². The molecule has 0 saturated heterocycles. The van der Waals surface area contributed by atoms with Gasteiger partial charge in [-0.2, -0.15) is 5.10 Å². The van der Waals surface area contributed by atoms with E-state index in [1.165, 1.54) is 7.11 Å². The molecule has 5 nitrogen and oxygen atoms in total. The maximum atomic E-state index is 11.4. The van der Waals surface area contributed by atoms with Crippen LogP contribution in [0.1, 0.15) is 16.1 Å². The van der Waals surface area contributed by atoms with Crippen molar-refractivity contribution in [2.45, 2.75) is 6.54 Å². The molecule has 2 aromatic rings. The first-order valence-electron chi connectivity index (χ1n) is 5.36. The van der Waals surface area contributed by atoms with Crippen LogP contribution in [-0.2, 0) is 11.3 Å². The highest BCUT2D eigenvalue weighted by atomic mass is 35.5. The van der Waals surface area contributed by atoms with E-state index in [0.717, 1.165) is 5.56 Å². The van der Waals surface area contributed by atoms with Gasteiger partial charge in [0.15, 0.2) is 5.69 Å². The molecule has 2 N–H and O–H groups in total. The predicted octanol–water partition coefficient (Wildman–Crippen LogP) is 2.61. The van der Waals surface area contributed by atoms with E-state index in [0.29, 0.717) is 16.6 Å². The Balaban J connectivity index is 2.24. The van der Waals surface area contributed by atoms with Crippen molar-refractivity contribution in [1.29, 1.82) is 0 Å². The summed E-state index contributed by atoms with van der Waals surface area (Å²) in [4.78, 5) is 11.4. The SMILES string of the molecule is COC(=O)c1nn(Cc2ccc(Cl)c(Cl)c2)cc1N. The number of nitrogens with two attached hydrogens (primary N) is 1. The van der Waals surface area contributed by atoms with E-state index in [-0.39, 0.29) is 11.4 Å². The van der Waals surface area contributed by atoms with Gasteiger partial charge in [0, 0.05) is 6.20 Å². The lowest BCUT2D eigenvalue weighted by Gasteiger charge is -2.03. The number of hydrogen-bond donors (Lipinski definition) is 1. The molecule has 2 rings (SSSR count). The lowest BCUT2D eigenvalue weighted by atomic mass is 10.2. The minimum absolute atomic E-state index is 0.0996. The van der Waals surface area contributed by atoms with Crippen LogP contribution in [0.25, 0.3) is 0 Å². The molecule has 19 heavy (non-hydrogen) atoms. The van der Waals surface area contributed by atoms with Gasteiger partial charge in [-0.25, -0.2) is 4.79 Å². The van der Waals surface area contributed by atoms with Gasteiger partial charge in [-0.1, -0.05) is 29.3 Å². The zero-order valence-corrected chi connectivity index (χ0v) is 11.6. The summed E-state index contributed by atoms with van der Waals surface area (Å²) >= 11 is 11.8. The summed E-state index contributed by atoms with van der Waals surface area (Å²) in [5, 5.41) is 5.02. The fourth-order valence-corrected chi connectivity index (χ4v) is 1.92. The second-order valence-corrected chi connectivity index (χ2v) is 4.69. The van der Waals surface area contributed by atoms with Crippen LogP contribution in [-0.4, -0.2) is 22.9 Å². The summed E-state index contributed by atoms with van der Waals surface area (Å²) in [7, 11) is 1.28. The standard InChI is InChI=1S/C12H11Cl2N3O2/c1-19-12(18)11-10(15)6-17(16-11)5-7-2-3-8(13)9(14)4-7/h2-4,6H,5,15H2,1H3. The van der Waals surface area contributed by atoms with Gasteiger partial charge in [0.25, 0.3) is 0 Å². The van der Waals surface area contributed by atoms with E-state index in [1.807, 2.05) is 6.07 Å². The average Bonchev–Trinajstić information content (AvgIpc) is 2.74. The lowest BCUT2D eigenvalue weighted by molar-refractivity contribution is 0.0594. The van der Waals surface area contributed by atoms with Crippen molar-refractivity contribution in [2.24, 2.45) is 0 Å². The molecule has 0 radical (unpaired) electrons. The number of ether oxygens (including phenoxy) is 1. The van der Waals surface area contributed by atoms with Crippen molar-refractivity contribution in [3.63, 3.8) is 0 Å². The van der Waals surface area contributed by atoms with Gasteiger partial charge in [0.05, 0.1) is 29.4 Å². The predicted molar refractivity (Wildman–Crippen MR) is 73.5 cm³/mol. The van der Waals surface area contributed by atoms with Crippen LogP contribution in [0.2, 0.25) is 10.0 Å². The summed E-state index contributed by atoms with van der Waals surface area (Å²) < 4.78 is 6.12. The lowest BCUT2D eigenvalue weighted by Crippen LogP contribution is -2.07. The zero-order chi connectivity index (χ0) is 14.0. The summed E-state index contributed by atoms with van der Waals surface area (Å²) in [6.45, 7) is 0.429. The van der Waals surface area contributed by atoms with Gasteiger partial charge >= 0.3 is 5.97 Å². The molecule has 0 aliphatic rings. The molecule has 100 valence electrons. The van der Waals surface area contributed by atoms with Gasteiger partial charge in [-0.05, 0) is 17.7 Å². The Bertz CT molecular complexity index is 625. The Kier molecular flexibility index (Phi) is 3.97. The summed E-state index contributed by atoms with van der Waals surface area (Å²) in [5.74, 6) is -0.564. The van der Waals surface area contributed by atoms with Crippen molar-refractivity contribution < 1.29 is 9.53 Å². The van der Waals surface area contributed by atoms with Crippen LogP contribution < -0.4 is 5.73 Å². The monoisotopic (exact) mass is 299 g/mol. The van der Waals surface area contributed by atoms with Crippen molar-refractivity contribution in [3.8, 4) is 0 Å². The summed E-state index contributed by atoms with van der Waals surface area (Å²) in [5.41, 5.74) is 6.96. The van der Waals surface area contributed by atoms with Crippen LogP contribution >= 0.6 is 23.2 Å². The second kappa shape index (κ2) is 5.50. The number of anilines is 1. The topological polar surface area (TPSA) is 70.1 Å². The highest BCUT2D eigenvalue weighted by molar-refractivity contribution is 6.42. The third-order valence-corrected chi connectivity index (χ3v) is 3.24. The first kappa shape index (κ1) is 13.7. The second-order valence-electron chi connectivity index (χ2n) is 3.87. The first-order chi connectivity index (χ1) is 9.01. The smallest absolute Gasteiger partial charge is 0.360 e. The highest BCUT2D eigenvalue weighted by Crippen LogP contribution is 2.23. The Hall–Kier alpha value is -1.72. The largest absolute Gasteiger partial charge is 0.464 e. The summed E-state index contributed by atoms with van der Waals surface area (Å²) in [6.07, 6.45) is 1.56. The number of carbonyl (C=O) groups is 1. The molecule has 1 heterocycles. The van der Waals surface area contributed by atoms with Crippen molar-refractivity contribution in [2.75, 3.05) is 12.8 Å². The van der Waals surface area contributed by atoms with Crippen LogP contribution in [0.5, 0.6) is 0 Å². The van der Waals surface area contributed by atoms with Crippen molar-refractivity contribution in [1.82, 2.24) is 9.78 Å². The third-order valence-electron chi connectivity index (χ3n) is 2.50. The molecule has 0 amide bonds. The third kappa shape index (κ3) is 3.00. The summed E-state index contributed by atoms with van der Waals surface area (Å²) in [6, 6.07) is 5.26. The number of methoxy groups -OCH3 is 1. The molecule has 1 aromatic heterocycles. The zero-order valence-electron chi connectivity index (χ0n) is 10.1. The molecule has 0 atom stereocenters. The number of rotatable bonds is 3. The Morgan fingerprint density at radius 1 is 1.42 bits per heavy atom. The van der Waals surface area contributed by atoms with E-state index in [9.17, 15) is 4.79 Å². The Labute approximate surface area is 119 Å². The van der Waals surface area contributed by atoms with Gasteiger partial charge in [-0.15, -0.1) is 0 Å². The van der Waals surface area contributed by atoms with Crippen molar-refractivity contribution >= 4 is 34.9 Å². The average molecular weight is 300 g/mol. The molecule has 0 aliphatic heterocycles. The minimum atomic E-state index is -0.564. The van der Waals surface area contributed by atoms with Crippen LogP contribution in [0, 0.1) is 0 Å². The molecule has 7 heteroatoms. The van der Waals surface area contributed by atoms with Gasteiger partial charge < -0.3 is 10.5 Å². The number of halogens is 2. The van der Waals surface area contributed by atoms with Gasteiger partial charge in [-0.3, -0.25) is 4.68 Å². The Morgan fingerprint density at radius 2 is 2.16 bits per heavy atom. The number of hydrogen-bond acceptors (Lipinski definition) is 4. The number of nitrogen functional groups attached to an aromatic ring is 1. The molecule has 1 aromatic carbocycles. The van der Waals surface area contributed by atoms with E-state index in [2.05, 4.69) is 9.84 Å². The number of benzene rings is 1. The van der Waals surface area contributed by atoms with E-state index >= 15 is 0 Å². The van der Waals surface area contributed by atoms with E-state index in [1.54, 1.807) is 23.0 Å². The molecule has 0 saturated carbocycles. The number of carbonyl (C=O) groups excluding carboxylic acids is 1. The highest BCUT2D eigenvalue weighted by Gasteiger charge is 2.15. The maximum absolute atomic E-state index is 11.4. The van der Waals surface area contributed by atoms with Crippen LogP contribution in [0.4, 0.5) is 5.69 Å². The minimum Gasteiger partial charge on any atom is -0.464 e. The fourth-order valence-electron chi connectivity index (χ4n) is 1.60. The number of nitrogens with zero attached hydrogens (tertiary/aromatic N) is 2. The number of aromatic nitrogens is 2. The molecular weight excluding hydrogens is 289 g/mol. The van der Waals surface area contributed by atoms with Gasteiger partial charge in [0.1, 0.15) is 0 Å². The maximum Gasteiger partial charge on any atom is 0.360 e. The Morgan fingerprint density at radius 3 is 2.79 bits per heavy atom. The van der Waals surface area contributed by atoms with Gasteiger partial charge in [0.2, 0.25) is 0 Å². The first-order valence-corrected chi connectivity index (χ1v) is 6.12. The van der Waals surface area contributed by atoms with Crippen LogP contribution in [0.15, 0.2) is 24.4 Å². The normalized spacial score (nSPS) is 10.5. The molecule has 0 unspecified atom stereocenters. The molecule has 0 aliphatic carbocycles. The van der Waals surface area contributed by atoms with E-state index in [4.69, 9.17) is 28.9 Å². The van der Waals surface area contributed by atoms with E-state index < -0.39 is 5.97 Å². The fraction of sp³-hybridized carbons (Fsp3) is 0.167. The molecule has 0 spiro atoms. The number of esters is 1. The van der Waals surface area contributed by atoms with Crippen LogP contribution in [0.3, 0.4) is 0 Å². The molecular formula is C12H11Cl2N3O2. The molecule has 0 bridgehead atoms.